The minimum absolute atomic E-state index is 0.0279. The van der Waals surface area contributed by atoms with E-state index in [1.807, 2.05) is 0 Å². The second kappa shape index (κ2) is 5.16. The monoisotopic (exact) mass is 323 g/mol. The third-order valence-electron chi connectivity index (χ3n) is 3.64. The number of aryl methyl sites for hydroxylation is 2. The Hall–Kier alpha value is -0.640. The number of nitrogens with two attached hydrogens (primary N) is 1. The van der Waals surface area contributed by atoms with Crippen molar-refractivity contribution >= 4 is 27.3 Å². The van der Waals surface area contributed by atoms with Crippen LogP contribution < -0.4 is 5.73 Å². The average molecular weight is 324 g/mol. The predicted octanol–water partition coefficient (Wildman–Crippen LogP) is 4.79. The lowest BCUT2D eigenvalue weighted by Crippen LogP contribution is -2.15. The number of thiophene rings is 1. The Morgan fingerprint density at radius 1 is 1.06 bits per heavy atom. The Labute approximate surface area is 121 Å². The Morgan fingerprint density at radius 2 is 1.61 bits per heavy atom. The fraction of sp³-hybridized carbons (Fsp3) is 0.333. The molecule has 3 heteroatoms. The lowest BCUT2D eigenvalue weighted by molar-refractivity contribution is 0.864. The topological polar surface area (TPSA) is 26.0 Å². The largest absolute Gasteiger partial charge is 0.320 e. The van der Waals surface area contributed by atoms with Gasteiger partial charge in [-0.1, -0.05) is 6.07 Å². The van der Waals surface area contributed by atoms with E-state index in [0.717, 1.165) is 3.79 Å². The molecule has 1 unspecified atom stereocenters. The number of benzene rings is 1. The van der Waals surface area contributed by atoms with Gasteiger partial charge in [0.2, 0.25) is 0 Å². The van der Waals surface area contributed by atoms with Crippen molar-refractivity contribution in [1.82, 2.24) is 0 Å². The van der Waals surface area contributed by atoms with Crippen LogP contribution in [0, 0.1) is 27.7 Å². The number of hydrogen-bond donors (Lipinski definition) is 1. The second-order valence-electron chi connectivity index (χ2n) is 4.79. The Balaban J connectivity index is 2.57. The van der Waals surface area contributed by atoms with Crippen LogP contribution in [0.1, 0.15) is 38.7 Å². The summed E-state index contributed by atoms with van der Waals surface area (Å²) in [5.41, 5.74) is 13.0. The van der Waals surface area contributed by atoms with Crippen molar-refractivity contribution in [2.24, 2.45) is 5.73 Å². The molecule has 0 saturated heterocycles. The van der Waals surface area contributed by atoms with E-state index in [-0.39, 0.29) is 6.04 Å². The molecule has 0 amide bonds. The van der Waals surface area contributed by atoms with Crippen molar-refractivity contribution in [3.05, 3.63) is 54.7 Å². The van der Waals surface area contributed by atoms with Crippen LogP contribution >= 0.6 is 27.3 Å². The summed E-state index contributed by atoms with van der Waals surface area (Å²) in [5.74, 6) is 0. The van der Waals surface area contributed by atoms with Crippen LogP contribution in [0.3, 0.4) is 0 Å². The van der Waals surface area contributed by atoms with Gasteiger partial charge in [0.05, 0.1) is 9.83 Å². The zero-order valence-corrected chi connectivity index (χ0v) is 13.6. The smallest absolute Gasteiger partial charge is 0.0702 e. The first-order valence-corrected chi connectivity index (χ1v) is 7.61. The van der Waals surface area contributed by atoms with Crippen LogP contribution in [0.15, 0.2) is 22.0 Å². The molecule has 0 fully saturated rings. The zero-order valence-electron chi connectivity index (χ0n) is 11.2. The van der Waals surface area contributed by atoms with Crippen LogP contribution in [-0.2, 0) is 0 Å². The Morgan fingerprint density at radius 3 is 2.06 bits per heavy atom. The summed E-state index contributed by atoms with van der Waals surface area (Å²) in [4.78, 5) is 1.21. The molecule has 2 aromatic rings. The zero-order chi connectivity index (χ0) is 13.4. The van der Waals surface area contributed by atoms with Gasteiger partial charge in [-0.25, -0.2) is 0 Å². The van der Waals surface area contributed by atoms with Gasteiger partial charge in [0.25, 0.3) is 0 Å². The lowest BCUT2D eigenvalue weighted by Gasteiger charge is -2.20. The van der Waals surface area contributed by atoms with Crippen molar-refractivity contribution in [2.75, 3.05) is 0 Å². The quantitative estimate of drug-likeness (QED) is 0.844. The normalized spacial score (nSPS) is 12.8. The summed E-state index contributed by atoms with van der Waals surface area (Å²) in [6.45, 7) is 8.64. The molecule has 2 rings (SSSR count). The Kier molecular flexibility index (Phi) is 3.95. The summed E-state index contributed by atoms with van der Waals surface area (Å²) in [6, 6.07) is 6.38. The molecule has 1 heterocycles. The molecule has 1 atom stereocenters. The van der Waals surface area contributed by atoms with Gasteiger partial charge in [0.15, 0.2) is 0 Å². The highest BCUT2D eigenvalue weighted by atomic mass is 79.9. The van der Waals surface area contributed by atoms with Gasteiger partial charge < -0.3 is 5.73 Å². The molecule has 0 aliphatic rings. The number of rotatable bonds is 2. The molecule has 0 spiro atoms. The second-order valence-corrected chi connectivity index (χ2v) is 7.29. The van der Waals surface area contributed by atoms with Crippen LogP contribution in [0.5, 0.6) is 0 Å². The molecule has 0 aliphatic heterocycles. The van der Waals surface area contributed by atoms with E-state index in [1.165, 1.54) is 32.7 Å². The van der Waals surface area contributed by atoms with E-state index < -0.39 is 0 Å². The van der Waals surface area contributed by atoms with Gasteiger partial charge >= 0.3 is 0 Å². The maximum Gasteiger partial charge on any atom is 0.0702 e. The standard InChI is InChI=1S/C15H18BrNS/c1-8-7-9(2)11(4)14(10(8)3)15(17)12-5-6-13(16)18-12/h5-7,15H,17H2,1-4H3. The first-order chi connectivity index (χ1) is 8.41. The summed E-state index contributed by atoms with van der Waals surface area (Å²) < 4.78 is 1.13. The van der Waals surface area contributed by atoms with Crippen LogP contribution in [0.25, 0.3) is 0 Å². The van der Waals surface area contributed by atoms with Gasteiger partial charge in [-0.15, -0.1) is 11.3 Å². The maximum atomic E-state index is 6.46. The lowest BCUT2D eigenvalue weighted by atomic mass is 9.89. The molecule has 0 bridgehead atoms. The minimum atomic E-state index is -0.0279. The van der Waals surface area contributed by atoms with Gasteiger partial charge in [0.1, 0.15) is 0 Å². The van der Waals surface area contributed by atoms with Crippen LogP contribution in [-0.4, -0.2) is 0 Å². The van der Waals surface area contributed by atoms with E-state index in [4.69, 9.17) is 5.73 Å². The van der Waals surface area contributed by atoms with Crippen molar-refractivity contribution < 1.29 is 0 Å². The van der Waals surface area contributed by atoms with Gasteiger partial charge in [-0.2, -0.15) is 0 Å². The summed E-state index contributed by atoms with van der Waals surface area (Å²) in [6.07, 6.45) is 0. The van der Waals surface area contributed by atoms with Gasteiger partial charge in [-0.3, -0.25) is 0 Å². The van der Waals surface area contributed by atoms with Gasteiger partial charge in [-0.05, 0) is 83.6 Å². The van der Waals surface area contributed by atoms with E-state index >= 15 is 0 Å². The van der Waals surface area contributed by atoms with Crippen molar-refractivity contribution in [3.63, 3.8) is 0 Å². The molecule has 0 aliphatic carbocycles. The SMILES string of the molecule is Cc1cc(C)c(C)c(C(N)c2ccc(Br)s2)c1C. The molecule has 1 aromatic heterocycles. The molecule has 0 saturated carbocycles. The molecular weight excluding hydrogens is 306 g/mol. The fourth-order valence-corrected chi connectivity index (χ4v) is 3.79. The molecule has 2 N–H and O–H groups in total. The van der Waals surface area contributed by atoms with Crippen LogP contribution in [0.2, 0.25) is 0 Å². The van der Waals surface area contributed by atoms with Crippen molar-refractivity contribution in [3.8, 4) is 0 Å². The first-order valence-electron chi connectivity index (χ1n) is 6.00. The molecule has 96 valence electrons. The van der Waals surface area contributed by atoms with Crippen molar-refractivity contribution in [1.29, 1.82) is 0 Å². The van der Waals surface area contributed by atoms with E-state index in [1.54, 1.807) is 11.3 Å². The number of hydrogen-bond acceptors (Lipinski definition) is 2. The first kappa shape index (κ1) is 13.8. The van der Waals surface area contributed by atoms with Crippen LogP contribution in [0.4, 0.5) is 0 Å². The van der Waals surface area contributed by atoms with Gasteiger partial charge in [0, 0.05) is 4.88 Å². The average Bonchev–Trinajstić information content (AvgIpc) is 2.73. The Bertz CT molecular complexity index is 560. The minimum Gasteiger partial charge on any atom is -0.320 e. The van der Waals surface area contributed by atoms with E-state index in [9.17, 15) is 0 Å². The summed E-state index contributed by atoms with van der Waals surface area (Å²) in [5, 5.41) is 0. The molecule has 1 nitrogen and oxygen atoms in total. The molecule has 0 radical (unpaired) electrons. The molecule has 18 heavy (non-hydrogen) atoms. The predicted molar refractivity (Wildman–Crippen MR) is 83.4 cm³/mol. The highest BCUT2D eigenvalue weighted by molar-refractivity contribution is 9.11. The maximum absolute atomic E-state index is 6.46. The summed E-state index contributed by atoms with van der Waals surface area (Å²) >= 11 is 5.21. The third-order valence-corrected chi connectivity index (χ3v) is 5.34. The summed E-state index contributed by atoms with van der Waals surface area (Å²) in [7, 11) is 0. The highest BCUT2D eigenvalue weighted by Gasteiger charge is 2.18. The molecule has 1 aromatic carbocycles. The number of halogens is 1. The van der Waals surface area contributed by atoms with E-state index in [2.05, 4.69) is 61.8 Å². The van der Waals surface area contributed by atoms with E-state index in [0.29, 0.717) is 0 Å². The molecular formula is C15H18BrNS. The highest BCUT2D eigenvalue weighted by Crippen LogP contribution is 2.34. The fourth-order valence-electron chi connectivity index (χ4n) is 2.35. The third kappa shape index (κ3) is 2.40. The van der Waals surface area contributed by atoms with Crippen molar-refractivity contribution in [2.45, 2.75) is 33.7 Å².